The van der Waals surface area contributed by atoms with E-state index >= 15 is 0 Å². The van der Waals surface area contributed by atoms with Crippen LogP contribution in [0.1, 0.15) is 17.2 Å². The standard InChI is InChI=1S/C15H18N2O/c1-11-9-13(7-8-14(11)16)17-10-15(18)12-5-3-2-4-6-12/h2-9,15,17-18H,10,16H2,1H3. The lowest BCUT2D eigenvalue weighted by molar-refractivity contribution is 0.191. The van der Waals surface area contributed by atoms with Gasteiger partial charge in [-0.3, -0.25) is 0 Å². The van der Waals surface area contributed by atoms with Crippen molar-refractivity contribution in [3.63, 3.8) is 0 Å². The van der Waals surface area contributed by atoms with Gasteiger partial charge in [-0.05, 0) is 36.2 Å². The van der Waals surface area contributed by atoms with Crippen LogP contribution in [0.2, 0.25) is 0 Å². The average Bonchev–Trinajstić information content (AvgIpc) is 2.41. The lowest BCUT2D eigenvalue weighted by atomic mass is 10.1. The van der Waals surface area contributed by atoms with Crippen LogP contribution < -0.4 is 11.1 Å². The van der Waals surface area contributed by atoms with Crippen molar-refractivity contribution < 1.29 is 5.11 Å². The Bertz CT molecular complexity index is 511. The fraction of sp³-hybridized carbons (Fsp3) is 0.200. The lowest BCUT2D eigenvalue weighted by Crippen LogP contribution is -2.12. The van der Waals surface area contributed by atoms with Crippen molar-refractivity contribution in [1.82, 2.24) is 0 Å². The monoisotopic (exact) mass is 242 g/mol. The van der Waals surface area contributed by atoms with Gasteiger partial charge in [-0.25, -0.2) is 0 Å². The second kappa shape index (κ2) is 5.56. The van der Waals surface area contributed by atoms with E-state index in [1.54, 1.807) is 0 Å². The fourth-order valence-electron chi connectivity index (χ4n) is 1.79. The Morgan fingerprint density at radius 1 is 1.17 bits per heavy atom. The van der Waals surface area contributed by atoms with Gasteiger partial charge in [-0.15, -0.1) is 0 Å². The van der Waals surface area contributed by atoms with Crippen molar-refractivity contribution in [2.45, 2.75) is 13.0 Å². The summed E-state index contributed by atoms with van der Waals surface area (Å²) in [5, 5.41) is 13.2. The van der Waals surface area contributed by atoms with Crippen LogP contribution in [-0.2, 0) is 0 Å². The van der Waals surface area contributed by atoms with Gasteiger partial charge in [0.05, 0.1) is 6.10 Å². The Hall–Kier alpha value is -2.00. The molecule has 0 bridgehead atoms. The van der Waals surface area contributed by atoms with Crippen molar-refractivity contribution in [1.29, 1.82) is 0 Å². The highest BCUT2D eigenvalue weighted by atomic mass is 16.3. The van der Waals surface area contributed by atoms with Gasteiger partial charge in [0, 0.05) is 17.9 Å². The van der Waals surface area contributed by atoms with Gasteiger partial charge in [-0.1, -0.05) is 30.3 Å². The lowest BCUT2D eigenvalue weighted by Gasteiger charge is -2.14. The summed E-state index contributed by atoms with van der Waals surface area (Å²) in [6.45, 7) is 2.45. The number of anilines is 2. The summed E-state index contributed by atoms with van der Waals surface area (Å²) in [5.41, 5.74) is 9.46. The first-order valence-electron chi connectivity index (χ1n) is 6.00. The molecule has 2 aromatic rings. The Balaban J connectivity index is 1.97. The van der Waals surface area contributed by atoms with Crippen LogP contribution in [0.25, 0.3) is 0 Å². The largest absolute Gasteiger partial charge is 0.399 e. The maximum Gasteiger partial charge on any atom is 0.0962 e. The van der Waals surface area contributed by atoms with E-state index in [9.17, 15) is 5.11 Å². The van der Waals surface area contributed by atoms with E-state index < -0.39 is 6.10 Å². The quantitative estimate of drug-likeness (QED) is 0.722. The Morgan fingerprint density at radius 2 is 1.89 bits per heavy atom. The third-order valence-corrected chi connectivity index (χ3v) is 2.95. The summed E-state index contributed by atoms with van der Waals surface area (Å²) >= 11 is 0. The summed E-state index contributed by atoms with van der Waals surface area (Å²) in [6.07, 6.45) is -0.510. The number of nitrogens with two attached hydrogens (primary N) is 1. The highest BCUT2D eigenvalue weighted by Gasteiger charge is 2.06. The Kier molecular flexibility index (Phi) is 3.85. The number of nitrogen functional groups attached to an aromatic ring is 1. The second-order valence-electron chi connectivity index (χ2n) is 4.38. The highest BCUT2D eigenvalue weighted by molar-refractivity contribution is 5.56. The van der Waals surface area contributed by atoms with Crippen LogP contribution >= 0.6 is 0 Å². The minimum absolute atomic E-state index is 0.480. The molecular weight excluding hydrogens is 224 g/mol. The molecule has 0 aromatic heterocycles. The van der Waals surface area contributed by atoms with Crippen molar-refractivity contribution in [3.8, 4) is 0 Å². The first-order chi connectivity index (χ1) is 8.66. The first-order valence-corrected chi connectivity index (χ1v) is 6.00. The normalized spacial score (nSPS) is 12.1. The zero-order valence-electron chi connectivity index (χ0n) is 10.4. The summed E-state index contributed by atoms with van der Waals surface area (Å²) < 4.78 is 0. The molecule has 0 aliphatic rings. The number of aliphatic hydroxyl groups excluding tert-OH is 1. The predicted molar refractivity (Wildman–Crippen MR) is 75.5 cm³/mol. The molecular formula is C15H18N2O. The molecule has 0 heterocycles. The Morgan fingerprint density at radius 3 is 2.56 bits per heavy atom. The van der Waals surface area contributed by atoms with Crippen molar-refractivity contribution in [3.05, 3.63) is 59.7 Å². The molecule has 18 heavy (non-hydrogen) atoms. The summed E-state index contributed by atoms with van der Waals surface area (Å²) in [6, 6.07) is 15.4. The molecule has 0 saturated heterocycles. The fourth-order valence-corrected chi connectivity index (χ4v) is 1.79. The predicted octanol–water partition coefficient (Wildman–Crippen LogP) is 2.72. The SMILES string of the molecule is Cc1cc(NCC(O)c2ccccc2)ccc1N. The average molecular weight is 242 g/mol. The first kappa shape index (κ1) is 12.5. The van der Waals surface area contributed by atoms with E-state index in [0.29, 0.717) is 6.54 Å². The smallest absolute Gasteiger partial charge is 0.0962 e. The van der Waals surface area contributed by atoms with E-state index in [2.05, 4.69) is 5.32 Å². The molecule has 0 fully saturated rings. The van der Waals surface area contributed by atoms with Crippen LogP contribution in [0.3, 0.4) is 0 Å². The van der Waals surface area contributed by atoms with Gasteiger partial charge in [0.1, 0.15) is 0 Å². The molecule has 2 aromatic carbocycles. The van der Waals surface area contributed by atoms with Crippen LogP contribution in [-0.4, -0.2) is 11.7 Å². The molecule has 2 rings (SSSR count). The number of rotatable bonds is 4. The number of hydrogen-bond acceptors (Lipinski definition) is 3. The minimum atomic E-state index is -0.510. The second-order valence-corrected chi connectivity index (χ2v) is 4.38. The van der Waals surface area contributed by atoms with Crippen LogP contribution in [0.4, 0.5) is 11.4 Å². The zero-order chi connectivity index (χ0) is 13.0. The molecule has 0 saturated carbocycles. The van der Waals surface area contributed by atoms with Gasteiger partial charge < -0.3 is 16.2 Å². The molecule has 94 valence electrons. The molecule has 0 radical (unpaired) electrons. The van der Waals surface area contributed by atoms with Gasteiger partial charge >= 0.3 is 0 Å². The number of nitrogens with one attached hydrogen (secondary N) is 1. The molecule has 0 amide bonds. The summed E-state index contributed by atoms with van der Waals surface area (Å²) in [4.78, 5) is 0. The van der Waals surface area contributed by atoms with Gasteiger partial charge in [-0.2, -0.15) is 0 Å². The molecule has 3 nitrogen and oxygen atoms in total. The minimum Gasteiger partial charge on any atom is -0.399 e. The summed E-state index contributed by atoms with van der Waals surface area (Å²) in [5.74, 6) is 0. The van der Waals surface area contributed by atoms with Gasteiger partial charge in [0.25, 0.3) is 0 Å². The number of aliphatic hydroxyl groups is 1. The van der Waals surface area contributed by atoms with Crippen LogP contribution in [0.5, 0.6) is 0 Å². The summed E-state index contributed by atoms with van der Waals surface area (Å²) in [7, 11) is 0. The number of benzene rings is 2. The van der Waals surface area contributed by atoms with E-state index in [-0.39, 0.29) is 0 Å². The topological polar surface area (TPSA) is 58.3 Å². The molecule has 4 N–H and O–H groups in total. The molecule has 0 spiro atoms. The van der Waals surface area contributed by atoms with E-state index in [0.717, 1.165) is 22.5 Å². The number of aryl methyl sites for hydroxylation is 1. The van der Waals surface area contributed by atoms with Crippen molar-refractivity contribution >= 4 is 11.4 Å². The molecule has 1 unspecified atom stereocenters. The molecule has 3 heteroatoms. The van der Waals surface area contributed by atoms with Crippen molar-refractivity contribution in [2.75, 3.05) is 17.6 Å². The van der Waals surface area contributed by atoms with Gasteiger partial charge in [0.2, 0.25) is 0 Å². The maximum absolute atomic E-state index is 10.0. The number of hydrogen-bond donors (Lipinski definition) is 3. The van der Waals surface area contributed by atoms with E-state index in [1.165, 1.54) is 0 Å². The molecule has 0 aliphatic carbocycles. The van der Waals surface area contributed by atoms with Crippen LogP contribution in [0, 0.1) is 6.92 Å². The van der Waals surface area contributed by atoms with Crippen LogP contribution in [0.15, 0.2) is 48.5 Å². The third-order valence-electron chi connectivity index (χ3n) is 2.95. The zero-order valence-corrected chi connectivity index (χ0v) is 10.4. The maximum atomic E-state index is 10.0. The Labute approximate surface area is 107 Å². The highest BCUT2D eigenvalue weighted by Crippen LogP contribution is 2.18. The third kappa shape index (κ3) is 3.02. The van der Waals surface area contributed by atoms with Gasteiger partial charge in [0.15, 0.2) is 0 Å². The molecule has 1 atom stereocenters. The van der Waals surface area contributed by atoms with Crippen molar-refractivity contribution in [2.24, 2.45) is 0 Å². The van der Waals surface area contributed by atoms with E-state index in [1.807, 2.05) is 55.5 Å². The van der Waals surface area contributed by atoms with E-state index in [4.69, 9.17) is 5.73 Å². The molecule has 0 aliphatic heterocycles.